The smallest absolute Gasteiger partial charge is 0.377 e. The Morgan fingerprint density at radius 3 is 1.85 bits per heavy atom. The normalized spacial score (nSPS) is 31.7. The number of halogens is 4. The average Bonchev–Trinajstić information content (AvgIpc) is 1.30. The van der Waals surface area contributed by atoms with Crippen LogP contribution >= 0.6 is 11.6 Å². The zero-order valence-corrected chi connectivity index (χ0v) is 67.4. The maximum Gasteiger partial charge on any atom is 0.393 e. The van der Waals surface area contributed by atoms with E-state index in [-0.39, 0.29) is 102 Å². The molecule has 4 aliphatic carbocycles. The number of carbonyl (C=O) groups is 12. The highest BCUT2D eigenvalue weighted by molar-refractivity contribution is 6.21. The van der Waals surface area contributed by atoms with Crippen molar-refractivity contribution in [2.45, 2.75) is 275 Å². The van der Waals surface area contributed by atoms with E-state index in [1.54, 1.807) is 19.9 Å². The van der Waals surface area contributed by atoms with Crippen LogP contribution in [0.15, 0.2) is 12.2 Å². The molecule has 2 saturated heterocycles. The van der Waals surface area contributed by atoms with Gasteiger partial charge >= 0.3 is 6.18 Å². The number of rotatable bonds is 15. The summed E-state index contributed by atoms with van der Waals surface area (Å²) < 4.78 is 48.6. The van der Waals surface area contributed by atoms with Crippen molar-refractivity contribution in [3.8, 4) is 0 Å². The van der Waals surface area contributed by atoms with Gasteiger partial charge in [-0.05, 0) is 118 Å². The van der Waals surface area contributed by atoms with Crippen molar-refractivity contribution in [1.29, 1.82) is 0 Å². The molecule has 604 valence electrons. The molecule has 1 spiro atoms. The third-order valence-electron chi connectivity index (χ3n) is 24.8. The first-order valence-electron chi connectivity index (χ1n) is 39.5. The Labute approximate surface area is 637 Å². The second-order valence-electron chi connectivity index (χ2n) is 33.5. The summed E-state index contributed by atoms with van der Waals surface area (Å²) in [6.07, 6.45) is 5.59. The van der Waals surface area contributed by atoms with Gasteiger partial charge in [0.25, 0.3) is 0 Å². The molecule has 0 aromatic carbocycles. The number of ether oxygens (including phenoxy) is 1. The number of likely N-dealkylation sites (N-methyl/N-ethyl adjacent to an activating group) is 7. The molecule has 0 aromatic heterocycles. The molecule has 29 heteroatoms. The molecule has 4 saturated carbocycles. The predicted octanol–water partition coefficient (Wildman–Crippen LogP) is 7.16. The summed E-state index contributed by atoms with van der Waals surface area (Å²) in [6.45, 7) is 14.1. The van der Waals surface area contributed by atoms with Crippen LogP contribution in [0.5, 0.6) is 0 Å². The zero-order chi connectivity index (χ0) is 79.5. The van der Waals surface area contributed by atoms with Gasteiger partial charge < -0.3 is 64.8 Å². The fraction of sp³-hybridized carbons (Fsp3) is 0.821. The number of hydrogen-bond donors (Lipinski definition) is 3. The van der Waals surface area contributed by atoms with E-state index < -0.39 is 191 Å². The summed E-state index contributed by atoms with van der Waals surface area (Å²) in [7, 11) is 11.6. The third kappa shape index (κ3) is 21.5. The topological polar surface area (TPSA) is 279 Å². The van der Waals surface area contributed by atoms with Gasteiger partial charge in [-0.15, -0.1) is 11.6 Å². The molecule has 2 bridgehead atoms. The van der Waals surface area contributed by atoms with Crippen LogP contribution in [0, 0.1) is 46.8 Å². The molecule has 7 rings (SSSR count). The summed E-state index contributed by atoms with van der Waals surface area (Å²) >= 11 is 6.47. The van der Waals surface area contributed by atoms with Crippen molar-refractivity contribution >= 4 is 82.5 Å². The minimum absolute atomic E-state index is 0.00638. The number of fused-ring (bicyclic) bond motifs is 3. The second-order valence-corrected chi connectivity index (χ2v) is 34.1. The van der Waals surface area contributed by atoms with E-state index in [2.05, 4.69) is 22.9 Å². The molecule has 0 radical (unpaired) electrons. The van der Waals surface area contributed by atoms with Gasteiger partial charge in [0.2, 0.25) is 70.9 Å². The number of amides is 12. The molecule has 12 amide bonds. The average molecular weight is 1530 g/mol. The first-order valence-corrected chi connectivity index (χ1v) is 39.9. The van der Waals surface area contributed by atoms with Crippen molar-refractivity contribution < 1.29 is 75.4 Å². The van der Waals surface area contributed by atoms with Crippen molar-refractivity contribution in [2.75, 3.05) is 89.2 Å². The highest BCUT2D eigenvalue weighted by Crippen LogP contribution is 2.50. The monoisotopic (exact) mass is 1530 g/mol. The first kappa shape index (κ1) is 87.6. The maximum absolute atomic E-state index is 15.8. The van der Waals surface area contributed by atoms with Crippen molar-refractivity contribution in [3.05, 3.63) is 12.2 Å². The minimum Gasteiger partial charge on any atom is -0.377 e. The van der Waals surface area contributed by atoms with Gasteiger partial charge in [-0.25, -0.2) is 0 Å². The summed E-state index contributed by atoms with van der Waals surface area (Å²) in [6, 6.07) is -10.1. The Balaban J connectivity index is 1.33. The molecule has 3 N–H and O–H groups in total. The molecular weight excluding hydrogens is 1410 g/mol. The van der Waals surface area contributed by atoms with Gasteiger partial charge in [0.05, 0.1) is 31.5 Å². The van der Waals surface area contributed by atoms with Crippen LogP contribution < -0.4 is 16.0 Å². The molecule has 0 aromatic rings. The van der Waals surface area contributed by atoms with Crippen molar-refractivity contribution in [2.24, 2.45) is 46.8 Å². The Bertz CT molecular complexity index is 3190. The minimum atomic E-state index is -4.53. The Kier molecular flexibility index (Phi) is 31.0. The Morgan fingerprint density at radius 1 is 0.664 bits per heavy atom. The van der Waals surface area contributed by atoms with Crippen molar-refractivity contribution in [3.63, 3.8) is 0 Å². The van der Waals surface area contributed by atoms with Crippen LogP contribution in [0.3, 0.4) is 0 Å². The number of nitrogens with one attached hydrogen (secondary N) is 3. The van der Waals surface area contributed by atoms with E-state index in [1.165, 1.54) is 100 Å². The molecule has 13 atom stereocenters. The van der Waals surface area contributed by atoms with Crippen LogP contribution in [0.4, 0.5) is 13.2 Å². The molecular formula is C78H126ClF3N12O13. The molecule has 3 aliphatic heterocycles. The van der Waals surface area contributed by atoms with Crippen molar-refractivity contribution in [1.82, 2.24) is 60.0 Å². The highest BCUT2D eigenvalue weighted by Gasteiger charge is 2.59. The Hall–Kier alpha value is -6.58. The lowest BCUT2D eigenvalue weighted by molar-refractivity contribution is -0.182. The van der Waals surface area contributed by atoms with Gasteiger partial charge in [-0.1, -0.05) is 125 Å². The third-order valence-corrected chi connectivity index (χ3v) is 25.3. The quantitative estimate of drug-likeness (QED) is 0.109. The number of alkyl halides is 4. The summed E-state index contributed by atoms with van der Waals surface area (Å²) in [5, 5.41) is 7.67. The van der Waals surface area contributed by atoms with Gasteiger partial charge in [0, 0.05) is 87.9 Å². The number of nitrogens with zero attached hydrogens (tertiary/aromatic N) is 9. The lowest BCUT2D eigenvalue weighted by atomic mass is 9.58. The van der Waals surface area contributed by atoms with Gasteiger partial charge in [-0.3, -0.25) is 57.5 Å². The molecule has 7 aliphatic rings. The lowest BCUT2D eigenvalue weighted by Gasteiger charge is -2.54. The molecule has 3 heterocycles. The largest absolute Gasteiger partial charge is 0.393 e. The van der Waals surface area contributed by atoms with Gasteiger partial charge in [0.15, 0.2) is 0 Å². The molecule has 6 fully saturated rings. The van der Waals surface area contributed by atoms with E-state index in [0.717, 1.165) is 44.9 Å². The fourth-order valence-corrected chi connectivity index (χ4v) is 18.3. The van der Waals surface area contributed by atoms with E-state index >= 15 is 38.4 Å². The van der Waals surface area contributed by atoms with E-state index in [0.29, 0.717) is 31.6 Å². The lowest BCUT2D eigenvalue weighted by Crippen LogP contribution is -2.71. The standard InChI is InChI=1S/C78H126ClF3N12O13/c1-17-48(6)65-73(104)88(12)44-64(97)89(13)57-27-22-21-23-36-93(72(57)103)61(39-51-30-28-47(5)29-31-51)71(102)87(11)43-62(95)83-56(35-33-50-32-34-54(55(79)37-50)78(80,81)82)69(100)94-42-53(107-20-4)40-59(94)68(99)85-77(45-76(7,8)46-77)75(106)92(16)66(52(18-2)19-3)74(105)91(15)60(70(101)86(9)10)41-63(96)90(14)58(67(98)84-65)38-49-25-24-26-49/h21-22,47-61,65-66H,17-20,23-46H2,1-16H3,(H,83,95)(H,84,98)(H,85,99)/b22-21-/t47?,48-,50?,51?,53+,54?,55?,56-,57-,58-,59-,60-,61-,65-,66-/m0/s1. The molecule has 107 heavy (non-hydrogen) atoms. The Morgan fingerprint density at radius 2 is 1.28 bits per heavy atom. The van der Waals surface area contributed by atoms with Gasteiger partial charge in [0.1, 0.15) is 53.9 Å². The van der Waals surface area contributed by atoms with Crippen LogP contribution in [0.25, 0.3) is 0 Å². The van der Waals surface area contributed by atoms with Crippen LogP contribution in [-0.4, -0.2) is 276 Å². The fourth-order valence-electron chi connectivity index (χ4n) is 17.8. The summed E-state index contributed by atoms with van der Waals surface area (Å²) in [5.74, 6) is -10.6. The summed E-state index contributed by atoms with van der Waals surface area (Å²) in [4.78, 5) is 194. The van der Waals surface area contributed by atoms with Crippen LogP contribution in [0.2, 0.25) is 0 Å². The molecule has 3 unspecified atom stereocenters. The number of carbonyl (C=O) groups excluding carboxylic acids is 12. The highest BCUT2D eigenvalue weighted by atomic mass is 35.5. The van der Waals surface area contributed by atoms with E-state index in [1.807, 2.05) is 40.7 Å². The van der Waals surface area contributed by atoms with Crippen LogP contribution in [0.1, 0.15) is 203 Å². The number of hydrogen-bond acceptors (Lipinski definition) is 13. The predicted molar refractivity (Wildman–Crippen MR) is 399 cm³/mol. The SMILES string of the molecule is CCO[C@@H]1C[C@H]2C(=O)NC3(CC(C)(C)C3)C(=O)N(C)[C@@H](C(CC)CC)C(=O)N(C)[C@H](C(=O)N(C)C)CC(=O)N(C)[C@@H](CC3CCC3)C(=O)N[C@@H]([C@@H](C)CC)C(=O)N(C)CC(=O)N(C)[C@H]3C/C=C\CCN(C3=O)[C@@H](CC3CCC(C)CC3)C(=O)N(C)CC(=O)N[C@@H](CCC3CCC(C(F)(F)F)C(Cl)C3)C(=O)N2C1. The zero-order valence-electron chi connectivity index (χ0n) is 66.6. The maximum atomic E-state index is 15.8. The van der Waals surface area contributed by atoms with Gasteiger partial charge in [-0.2, -0.15) is 13.2 Å². The van der Waals surface area contributed by atoms with E-state index in [4.69, 9.17) is 16.3 Å². The van der Waals surface area contributed by atoms with Crippen LogP contribution in [-0.2, 0) is 62.3 Å². The van der Waals surface area contributed by atoms with E-state index in [9.17, 15) is 32.3 Å². The second kappa shape index (κ2) is 37.9. The molecule has 25 nitrogen and oxygen atoms in total. The first-order chi connectivity index (χ1) is 50.2. The summed E-state index contributed by atoms with van der Waals surface area (Å²) in [5.41, 5.74) is -2.20.